The molecule has 4 aliphatic rings. The van der Waals surface area contributed by atoms with Crippen molar-refractivity contribution in [1.82, 2.24) is 24.9 Å². The standard InChI is InChI=1S/C35H61N5O5/c1-24(2)29(38(7)33(43)30(35(3,4)5)36-31(41)26-17-11-12-20-37(26)6)23-39-21-13-18-27(39)32(42)40-22-14-19-28(40)34(44)45-25-15-9-8-10-16-25/h24-30H,8-23H2,1-7H3,(H,36,41). The molecule has 4 fully saturated rings. The molecule has 10 heteroatoms. The molecule has 0 aromatic carbocycles. The SMILES string of the molecule is CC(C)C(CN1CCCC1C(=O)N1CCCC1C(=O)OC1CCCCC1)N(C)C(=O)C(NC(=O)C1CCCCN1C)C(C)(C)C. The van der Waals surface area contributed by atoms with Crippen LogP contribution in [0.15, 0.2) is 0 Å². The Kier molecular flexibility index (Phi) is 12.4. The van der Waals surface area contributed by atoms with E-state index in [1.54, 1.807) is 4.90 Å². The lowest BCUT2D eigenvalue weighted by molar-refractivity contribution is -0.160. The molecule has 3 amide bonds. The molecule has 3 saturated heterocycles. The summed E-state index contributed by atoms with van der Waals surface area (Å²) in [6, 6.07) is -1.82. The van der Waals surface area contributed by atoms with Crippen LogP contribution in [0, 0.1) is 11.3 Å². The summed E-state index contributed by atoms with van der Waals surface area (Å²) in [5, 5.41) is 3.14. The van der Waals surface area contributed by atoms with Crippen molar-refractivity contribution < 1.29 is 23.9 Å². The van der Waals surface area contributed by atoms with Gasteiger partial charge in [0.25, 0.3) is 0 Å². The molecule has 1 N–H and O–H groups in total. The second kappa shape index (κ2) is 15.6. The van der Waals surface area contributed by atoms with Crippen molar-refractivity contribution in [3.63, 3.8) is 0 Å². The third kappa shape index (κ3) is 8.79. The second-order valence-corrected chi connectivity index (χ2v) is 15.6. The van der Waals surface area contributed by atoms with Crippen molar-refractivity contribution >= 4 is 23.7 Å². The van der Waals surface area contributed by atoms with Gasteiger partial charge in [-0.25, -0.2) is 4.79 Å². The Hall–Kier alpha value is -2.20. The highest BCUT2D eigenvalue weighted by molar-refractivity contribution is 5.91. The van der Waals surface area contributed by atoms with Gasteiger partial charge in [-0.15, -0.1) is 0 Å². The van der Waals surface area contributed by atoms with Crippen LogP contribution in [0.3, 0.4) is 0 Å². The van der Waals surface area contributed by atoms with Gasteiger partial charge in [0, 0.05) is 26.2 Å². The van der Waals surface area contributed by atoms with E-state index in [9.17, 15) is 19.2 Å². The summed E-state index contributed by atoms with van der Waals surface area (Å²) in [6.45, 7) is 13.0. The summed E-state index contributed by atoms with van der Waals surface area (Å²) < 4.78 is 5.90. The highest BCUT2D eigenvalue weighted by Crippen LogP contribution is 2.30. The van der Waals surface area contributed by atoms with E-state index in [0.717, 1.165) is 77.3 Å². The van der Waals surface area contributed by atoms with E-state index in [-0.39, 0.29) is 53.8 Å². The first-order valence-corrected chi connectivity index (χ1v) is 17.8. The van der Waals surface area contributed by atoms with Crippen LogP contribution in [-0.4, -0.2) is 120 Å². The zero-order chi connectivity index (χ0) is 32.9. The smallest absolute Gasteiger partial charge is 0.329 e. The van der Waals surface area contributed by atoms with Gasteiger partial charge in [0.05, 0.1) is 12.1 Å². The van der Waals surface area contributed by atoms with Crippen LogP contribution in [0.2, 0.25) is 0 Å². The maximum Gasteiger partial charge on any atom is 0.329 e. The lowest BCUT2D eigenvalue weighted by Gasteiger charge is -2.41. The fraction of sp³-hybridized carbons (Fsp3) is 0.886. The molecule has 0 bridgehead atoms. The average molecular weight is 632 g/mol. The Morgan fingerprint density at radius 1 is 0.822 bits per heavy atom. The predicted molar refractivity (Wildman–Crippen MR) is 175 cm³/mol. The van der Waals surface area contributed by atoms with E-state index < -0.39 is 17.5 Å². The topological polar surface area (TPSA) is 103 Å². The number of hydrogen-bond donors (Lipinski definition) is 1. The van der Waals surface area contributed by atoms with Gasteiger partial charge in [-0.2, -0.15) is 0 Å². The molecule has 45 heavy (non-hydrogen) atoms. The molecule has 3 aliphatic heterocycles. The third-order valence-corrected chi connectivity index (χ3v) is 10.8. The summed E-state index contributed by atoms with van der Waals surface area (Å²) in [7, 11) is 3.82. The number of carbonyl (C=O) groups excluding carboxylic acids is 4. The number of esters is 1. The first-order valence-electron chi connectivity index (χ1n) is 17.8. The van der Waals surface area contributed by atoms with Crippen LogP contribution in [0.25, 0.3) is 0 Å². The molecule has 256 valence electrons. The van der Waals surface area contributed by atoms with Crippen molar-refractivity contribution in [3.05, 3.63) is 0 Å². The van der Waals surface area contributed by atoms with E-state index in [1.807, 2.05) is 39.8 Å². The number of hydrogen-bond acceptors (Lipinski definition) is 7. The zero-order valence-corrected chi connectivity index (χ0v) is 29.2. The minimum absolute atomic E-state index is 0.0167. The van der Waals surface area contributed by atoms with Gasteiger partial charge >= 0.3 is 5.97 Å². The molecule has 0 spiro atoms. The Bertz CT molecular complexity index is 1040. The van der Waals surface area contributed by atoms with E-state index in [2.05, 4.69) is 29.0 Å². The summed E-state index contributed by atoms with van der Waals surface area (Å²) in [6.07, 6.45) is 11.2. The Balaban J connectivity index is 1.42. The molecule has 5 atom stereocenters. The van der Waals surface area contributed by atoms with Gasteiger partial charge in [0.2, 0.25) is 17.7 Å². The van der Waals surface area contributed by atoms with Gasteiger partial charge in [-0.3, -0.25) is 24.2 Å². The summed E-state index contributed by atoms with van der Waals surface area (Å²) >= 11 is 0. The summed E-state index contributed by atoms with van der Waals surface area (Å²) in [5.74, 6) is -0.255. The fourth-order valence-corrected chi connectivity index (χ4v) is 7.90. The molecule has 4 rings (SSSR count). The number of nitrogens with zero attached hydrogens (tertiary/aromatic N) is 4. The van der Waals surface area contributed by atoms with Crippen LogP contribution in [0.1, 0.15) is 112 Å². The predicted octanol–water partition coefficient (Wildman–Crippen LogP) is 3.82. The van der Waals surface area contributed by atoms with Gasteiger partial charge in [-0.1, -0.05) is 47.5 Å². The fourth-order valence-electron chi connectivity index (χ4n) is 7.90. The van der Waals surface area contributed by atoms with Crippen LogP contribution in [-0.2, 0) is 23.9 Å². The normalized spacial score (nSPS) is 26.9. The maximum absolute atomic E-state index is 14.2. The quantitative estimate of drug-likeness (QED) is 0.366. The first-order chi connectivity index (χ1) is 21.3. The molecular formula is C35H61N5O5. The number of amides is 3. The maximum atomic E-state index is 14.2. The molecule has 1 saturated carbocycles. The number of carbonyl (C=O) groups is 4. The molecule has 0 aromatic heterocycles. The van der Waals surface area contributed by atoms with Crippen LogP contribution < -0.4 is 5.32 Å². The largest absolute Gasteiger partial charge is 0.461 e. The summed E-state index contributed by atoms with van der Waals surface area (Å²) in [5.41, 5.74) is -0.473. The Labute approximate surface area is 271 Å². The minimum Gasteiger partial charge on any atom is -0.461 e. The molecule has 3 heterocycles. The van der Waals surface area contributed by atoms with Gasteiger partial charge < -0.3 is 19.9 Å². The van der Waals surface area contributed by atoms with Crippen LogP contribution in [0.5, 0.6) is 0 Å². The third-order valence-electron chi connectivity index (χ3n) is 10.8. The van der Waals surface area contributed by atoms with Gasteiger partial charge in [-0.05, 0) is 95.7 Å². The number of likely N-dealkylation sites (N-methyl/N-ethyl adjacent to an activating group) is 2. The summed E-state index contributed by atoms with van der Waals surface area (Å²) in [4.78, 5) is 62.7. The zero-order valence-electron chi connectivity index (χ0n) is 29.2. The number of likely N-dealkylation sites (tertiary alicyclic amines) is 3. The molecule has 0 radical (unpaired) electrons. The van der Waals surface area contributed by atoms with Crippen molar-refractivity contribution in [3.8, 4) is 0 Å². The van der Waals surface area contributed by atoms with E-state index in [4.69, 9.17) is 4.74 Å². The molecule has 5 unspecified atom stereocenters. The highest BCUT2D eigenvalue weighted by atomic mass is 16.5. The van der Waals surface area contributed by atoms with E-state index in [0.29, 0.717) is 19.5 Å². The minimum atomic E-state index is -0.664. The van der Waals surface area contributed by atoms with Crippen molar-refractivity contribution in [2.45, 2.75) is 148 Å². The second-order valence-electron chi connectivity index (χ2n) is 15.6. The Morgan fingerprint density at radius 2 is 1.44 bits per heavy atom. The van der Waals surface area contributed by atoms with Crippen LogP contribution in [0.4, 0.5) is 0 Å². The molecular weight excluding hydrogens is 570 g/mol. The van der Waals surface area contributed by atoms with Gasteiger partial charge in [0.15, 0.2) is 0 Å². The number of piperidine rings is 1. The number of nitrogens with one attached hydrogen (secondary N) is 1. The lowest BCUT2D eigenvalue weighted by Crippen LogP contribution is -2.61. The van der Waals surface area contributed by atoms with E-state index >= 15 is 0 Å². The number of rotatable bonds is 10. The van der Waals surface area contributed by atoms with Crippen LogP contribution >= 0.6 is 0 Å². The van der Waals surface area contributed by atoms with E-state index in [1.165, 1.54) is 6.42 Å². The lowest BCUT2D eigenvalue weighted by atomic mass is 9.84. The first kappa shape index (κ1) is 35.7. The van der Waals surface area contributed by atoms with Crippen molar-refractivity contribution in [2.24, 2.45) is 11.3 Å². The molecule has 1 aliphatic carbocycles. The highest BCUT2D eigenvalue weighted by Gasteiger charge is 2.44. The monoisotopic (exact) mass is 631 g/mol. The van der Waals surface area contributed by atoms with Gasteiger partial charge in [0.1, 0.15) is 18.2 Å². The van der Waals surface area contributed by atoms with Crippen molar-refractivity contribution in [2.75, 3.05) is 40.3 Å². The van der Waals surface area contributed by atoms with Crippen molar-refractivity contribution in [1.29, 1.82) is 0 Å². The number of ether oxygens (including phenoxy) is 1. The average Bonchev–Trinajstić information content (AvgIpc) is 3.68. The Morgan fingerprint density at radius 3 is 2.09 bits per heavy atom. The molecule has 0 aromatic rings. The molecule has 10 nitrogen and oxygen atoms in total.